The van der Waals surface area contributed by atoms with Gasteiger partial charge in [0.2, 0.25) is 11.8 Å². The number of nitrogens with zero attached hydrogens (tertiary/aromatic N) is 2. The van der Waals surface area contributed by atoms with Crippen LogP contribution < -0.4 is 14.4 Å². The Morgan fingerprint density at radius 3 is 2.20 bits per heavy atom. The zero-order valence-electron chi connectivity index (χ0n) is 26.5. The van der Waals surface area contributed by atoms with Gasteiger partial charge in [-0.1, -0.05) is 96.0 Å². The minimum Gasteiger partial charge on any atom is -0.497 e. The van der Waals surface area contributed by atoms with Gasteiger partial charge in [0.1, 0.15) is 18.3 Å². The number of amides is 2. The first kappa shape index (κ1) is 34.7. The van der Waals surface area contributed by atoms with Crippen molar-refractivity contribution in [1.82, 2.24) is 10.2 Å². The zero-order chi connectivity index (χ0) is 33.3. The molecular formula is C36H40BrN3O5S. The van der Waals surface area contributed by atoms with Gasteiger partial charge in [0.15, 0.2) is 0 Å². The standard InChI is InChI=1S/C36H40BrN3O5S/c1-26(2)23-38-36(42)34(21-28-10-6-5-7-11-28)39(24-29-12-8-13-30(37)20-29)35(41)25-40(31-14-9-15-32(22-31)45-4)46(43,44)33-18-16-27(3)17-19-33/h5-20,22,26,34H,21,23-25H2,1-4H3,(H,38,42)/t34-/m0/s1. The Hall–Kier alpha value is -4.15. The number of hydrogen-bond donors (Lipinski definition) is 1. The van der Waals surface area contributed by atoms with Gasteiger partial charge in [-0.15, -0.1) is 0 Å². The zero-order valence-corrected chi connectivity index (χ0v) is 28.9. The highest BCUT2D eigenvalue weighted by Crippen LogP contribution is 2.28. The first-order valence-electron chi connectivity index (χ1n) is 15.1. The van der Waals surface area contributed by atoms with E-state index in [1.54, 1.807) is 36.4 Å². The monoisotopic (exact) mass is 705 g/mol. The largest absolute Gasteiger partial charge is 0.497 e. The van der Waals surface area contributed by atoms with Crippen molar-refractivity contribution in [2.45, 2.75) is 44.7 Å². The van der Waals surface area contributed by atoms with Gasteiger partial charge in [0.25, 0.3) is 10.0 Å². The summed E-state index contributed by atoms with van der Waals surface area (Å²) in [4.78, 5) is 30.0. The molecule has 0 aliphatic carbocycles. The molecule has 0 heterocycles. The molecule has 0 aliphatic heterocycles. The van der Waals surface area contributed by atoms with Crippen LogP contribution >= 0.6 is 15.9 Å². The summed E-state index contributed by atoms with van der Waals surface area (Å²) in [7, 11) is -2.72. The second-order valence-corrected chi connectivity index (χ2v) is 14.3. The summed E-state index contributed by atoms with van der Waals surface area (Å²) in [6.07, 6.45) is 0.244. The van der Waals surface area contributed by atoms with Crippen molar-refractivity contribution in [2.75, 3.05) is 24.5 Å². The van der Waals surface area contributed by atoms with Crippen molar-refractivity contribution >= 4 is 43.5 Å². The van der Waals surface area contributed by atoms with E-state index in [0.29, 0.717) is 12.3 Å². The molecule has 0 unspecified atom stereocenters. The SMILES string of the molecule is COc1cccc(N(CC(=O)N(Cc2cccc(Br)c2)[C@@H](Cc2ccccc2)C(=O)NCC(C)C)S(=O)(=O)c2ccc(C)cc2)c1. The third-order valence-corrected chi connectivity index (χ3v) is 9.71. The minimum atomic E-state index is -4.21. The molecule has 0 bridgehead atoms. The smallest absolute Gasteiger partial charge is 0.264 e. The molecule has 0 spiro atoms. The van der Waals surface area contributed by atoms with Crippen molar-refractivity contribution in [2.24, 2.45) is 5.92 Å². The van der Waals surface area contributed by atoms with Gasteiger partial charge in [0.05, 0.1) is 17.7 Å². The molecule has 1 atom stereocenters. The minimum absolute atomic E-state index is 0.0442. The van der Waals surface area contributed by atoms with Crippen LogP contribution in [0.4, 0.5) is 5.69 Å². The Labute approximate surface area is 280 Å². The van der Waals surface area contributed by atoms with Gasteiger partial charge in [-0.3, -0.25) is 13.9 Å². The highest BCUT2D eigenvalue weighted by molar-refractivity contribution is 9.10. The van der Waals surface area contributed by atoms with Crippen LogP contribution in [0.3, 0.4) is 0 Å². The van der Waals surface area contributed by atoms with Crippen LogP contribution in [-0.2, 0) is 32.6 Å². The first-order valence-corrected chi connectivity index (χ1v) is 17.3. The van der Waals surface area contributed by atoms with E-state index in [4.69, 9.17) is 4.74 Å². The number of carbonyl (C=O) groups is 2. The lowest BCUT2D eigenvalue weighted by Gasteiger charge is -2.34. The second kappa shape index (κ2) is 15.9. The number of methoxy groups -OCH3 is 1. The van der Waals surface area contributed by atoms with Crippen LogP contribution in [0, 0.1) is 12.8 Å². The molecule has 0 saturated heterocycles. The lowest BCUT2D eigenvalue weighted by molar-refractivity contribution is -0.140. The number of rotatable bonds is 14. The fourth-order valence-electron chi connectivity index (χ4n) is 4.94. The van der Waals surface area contributed by atoms with E-state index >= 15 is 0 Å². The number of aryl methyl sites for hydroxylation is 1. The van der Waals surface area contributed by atoms with Crippen molar-refractivity contribution in [3.05, 3.63) is 124 Å². The lowest BCUT2D eigenvalue weighted by atomic mass is 10.0. The third-order valence-electron chi connectivity index (χ3n) is 7.43. The molecule has 46 heavy (non-hydrogen) atoms. The molecule has 8 nitrogen and oxygen atoms in total. The molecule has 0 radical (unpaired) electrons. The summed E-state index contributed by atoms with van der Waals surface area (Å²) in [6.45, 7) is 5.84. The quantitative estimate of drug-likeness (QED) is 0.164. The molecule has 1 N–H and O–H groups in total. The second-order valence-electron chi connectivity index (χ2n) is 11.5. The number of carbonyl (C=O) groups excluding carboxylic acids is 2. The number of sulfonamides is 1. The molecule has 10 heteroatoms. The van der Waals surface area contributed by atoms with Gasteiger partial charge in [-0.25, -0.2) is 8.42 Å². The van der Waals surface area contributed by atoms with E-state index in [1.807, 2.05) is 75.4 Å². The van der Waals surface area contributed by atoms with Crippen LogP contribution in [0.5, 0.6) is 5.75 Å². The van der Waals surface area contributed by atoms with E-state index in [0.717, 1.165) is 25.5 Å². The highest BCUT2D eigenvalue weighted by atomic mass is 79.9. The molecular weight excluding hydrogens is 666 g/mol. The molecule has 4 aromatic carbocycles. The summed E-state index contributed by atoms with van der Waals surface area (Å²) in [6, 6.07) is 29.1. The predicted octanol–water partition coefficient (Wildman–Crippen LogP) is 6.37. The van der Waals surface area contributed by atoms with Crippen molar-refractivity contribution < 1.29 is 22.7 Å². The van der Waals surface area contributed by atoms with Crippen LogP contribution in [0.1, 0.15) is 30.5 Å². The molecule has 0 saturated carbocycles. The molecule has 2 amide bonds. The Morgan fingerprint density at radius 1 is 0.870 bits per heavy atom. The molecule has 242 valence electrons. The van der Waals surface area contributed by atoms with E-state index in [1.165, 1.54) is 24.1 Å². The Kier molecular flexibility index (Phi) is 12.0. The molecule has 0 fully saturated rings. The number of nitrogens with one attached hydrogen (secondary N) is 1. The normalized spacial score (nSPS) is 12.0. The Bertz CT molecular complexity index is 1730. The van der Waals surface area contributed by atoms with E-state index in [-0.39, 0.29) is 35.4 Å². The molecule has 0 aliphatic rings. The van der Waals surface area contributed by atoms with E-state index in [9.17, 15) is 18.0 Å². The number of ether oxygens (including phenoxy) is 1. The number of hydrogen-bond acceptors (Lipinski definition) is 5. The third kappa shape index (κ3) is 9.20. The number of benzene rings is 4. The highest BCUT2D eigenvalue weighted by Gasteiger charge is 2.34. The molecule has 4 aromatic rings. The van der Waals surface area contributed by atoms with Crippen molar-refractivity contribution in [3.8, 4) is 5.75 Å². The predicted molar refractivity (Wildman–Crippen MR) is 185 cm³/mol. The summed E-state index contributed by atoms with van der Waals surface area (Å²) in [5.74, 6) is -0.205. The summed E-state index contributed by atoms with van der Waals surface area (Å²) in [5, 5.41) is 3.01. The maximum Gasteiger partial charge on any atom is 0.264 e. The average molecular weight is 707 g/mol. The van der Waals surface area contributed by atoms with Crippen LogP contribution in [-0.4, -0.2) is 51.4 Å². The van der Waals surface area contributed by atoms with Crippen molar-refractivity contribution in [3.63, 3.8) is 0 Å². The maximum absolute atomic E-state index is 14.6. The summed E-state index contributed by atoms with van der Waals surface area (Å²) < 4.78 is 35.7. The maximum atomic E-state index is 14.6. The van der Waals surface area contributed by atoms with E-state index in [2.05, 4.69) is 21.2 Å². The van der Waals surface area contributed by atoms with Gasteiger partial charge >= 0.3 is 0 Å². The summed E-state index contributed by atoms with van der Waals surface area (Å²) >= 11 is 3.51. The van der Waals surface area contributed by atoms with Crippen LogP contribution in [0.25, 0.3) is 0 Å². The number of halogens is 1. The fraction of sp³-hybridized carbons (Fsp3) is 0.278. The van der Waals surface area contributed by atoms with Crippen molar-refractivity contribution in [1.29, 1.82) is 0 Å². The molecule has 0 aromatic heterocycles. The summed E-state index contributed by atoms with van der Waals surface area (Å²) in [5.41, 5.74) is 2.82. The topological polar surface area (TPSA) is 96.0 Å². The Balaban J connectivity index is 1.81. The first-order chi connectivity index (χ1) is 22.0. The number of anilines is 1. The van der Waals surface area contributed by atoms with Gasteiger partial charge < -0.3 is 15.0 Å². The fourth-order valence-corrected chi connectivity index (χ4v) is 6.79. The average Bonchev–Trinajstić information content (AvgIpc) is 3.04. The molecule has 4 rings (SSSR count). The van der Waals surface area contributed by atoms with Crippen LogP contribution in [0.15, 0.2) is 112 Å². The van der Waals surface area contributed by atoms with E-state index < -0.39 is 28.5 Å². The Morgan fingerprint density at radius 2 is 1.54 bits per heavy atom. The van der Waals surface area contributed by atoms with Gasteiger partial charge in [-0.05, 0) is 60.4 Å². The van der Waals surface area contributed by atoms with Gasteiger partial charge in [0, 0.05) is 30.0 Å². The van der Waals surface area contributed by atoms with Gasteiger partial charge in [-0.2, -0.15) is 0 Å². The van der Waals surface area contributed by atoms with Crippen LogP contribution in [0.2, 0.25) is 0 Å². The lowest BCUT2D eigenvalue weighted by Crippen LogP contribution is -2.53.